The third kappa shape index (κ3) is 4.93. The highest BCUT2D eigenvalue weighted by molar-refractivity contribution is 5.83. The number of carbonyl (C=O) groups is 1. The first-order valence-corrected chi connectivity index (χ1v) is 5.87. The molecule has 0 aromatic heterocycles. The van der Waals surface area contributed by atoms with E-state index in [1.54, 1.807) is 11.9 Å². The van der Waals surface area contributed by atoms with E-state index in [9.17, 15) is 18.0 Å². The molecule has 0 spiro atoms. The van der Waals surface area contributed by atoms with Gasteiger partial charge in [0.1, 0.15) is 0 Å². The smallest absolute Gasteiger partial charge is 0.344 e. The second-order valence-corrected chi connectivity index (χ2v) is 4.68. The maximum Gasteiger partial charge on any atom is 0.389 e. The molecule has 1 aliphatic rings. The Balaban J connectivity index is 2.21. The van der Waals surface area contributed by atoms with Crippen molar-refractivity contribution in [2.75, 3.05) is 13.6 Å². The van der Waals surface area contributed by atoms with Crippen LogP contribution in [-0.2, 0) is 4.79 Å². The molecule has 0 aromatic rings. The third-order valence-electron chi connectivity index (χ3n) is 3.01. The van der Waals surface area contributed by atoms with Crippen molar-refractivity contribution in [3.8, 4) is 0 Å². The van der Waals surface area contributed by atoms with Crippen LogP contribution in [-0.4, -0.2) is 42.7 Å². The fraction of sp³-hybridized carbons (Fsp3) is 0.909. The molecule has 0 bridgehead atoms. The number of carbonyl (C=O) groups excluding carboxylic acids is 1. The van der Waals surface area contributed by atoms with Crippen molar-refractivity contribution in [3.05, 3.63) is 0 Å². The Morgan fingerprint density at radius 2 is 2.18 bits per heavy atom. The molecule has 1 aliphatic heterocycles. The minimum Gasteiger partial charge on any atom is -0.344 e. The Bertz CT molecular complexity index is 268. The van der Waals surface area contributed by atoms with E-state index in [4.69, 9.17) is 0 Å². The highest BCUT2D eigenvalue weighted by Crippen LogP contribution is 2.22. The van der Waals surface area contributed by atoms with Crippen LogP contribution >= 0.6 is 0 Å². The van der Waals surface area contributed by atoms with Gasteiger partial charge in [0.05, 0.1) is 6.04 Å². The quantitative estimate of drug-likeness (QED) is 0.811. The predicted octanol–water partition coefficient (Wildman–Crippen LogP) is 1.93. The number of likely N-dealkylation sites (tertiary alicyclic amines) is 1. The van der Waals surface area contributed by atoms with E-state index in [1.807, 2.05) is 6.92 Å². The molecule has 1 amide bonds. The molecule has 6 heteroatoms. The summed E-state index contributed by atoms with van der Waals surface area (Å²) in [6.45, 7) is 2.54. The van der Waals surface area contributed by atoms with Gasteiger partial charge < -0.3 is 10.2 Å². The Hall–Kier alpha value is -0.780. The van der Waals surface area contributed by atoms with Crippen LogP contribution in [0.5, 0.6) is 0 Å². The molecule has 2 atom stereocenters. The summed E-state index contributed by atoms with van der Waals surface area (Å²) in [5.41, 5.74) is 0. The number of nitrogens with one attached hydrogen (secondary N) is 1. The van der Waals surface area contributed by atoms with Gasteiger partial charge in [-0.2, -0.15) is 13.2 Å². The van der Waals surface area contributed by atoms with Crippen molar-refractivity contribution in [3.63, 3.8) is 0 Å². The number of rotatable bonds is 5. The second-order valence-electron chi connectivity index (χ2n) is 4.68. The molecule has 1 fully saturated rings. The topological polar surface area (TPSA) is 32.3 Å². The van der Waals surface area contributed by atoms with Gasteiger partial charge in [-0.15, -0.1) is 0 Å². The SMILES string of the molecule is CC(CCCC(F)(F)F)NC1CCN(C)C1=O. The molecule has 0 saturated carbocycles. The fourth-order valence-corrected chi connectivity index (χ4v) is 2.01. The van der Waals surface area contributed by atoms with E-state index >= 15 is 0 Å². The first-order chi connectivity index (χ1) is 7.79. The first-order valence-electron chi connectivity index (χ1n) is 5.87. The van der Waals surface area contributed by atoms with Crippen LogP contribution in [0.2, 0.25) is 0 Å². The molecule has 1 N–H and O–H groups in total. The second kappa shape index (κ2) is 5.71. The average Bonchev–Trinajstić information content (AvgIpc) is 2.47. The van der Waals surface area contributed by atoms with Crippen LogP contribution in [0.4, 0.5) is 13.2 Å². The number of nitrogens with zero attached hydrogens (tertiary/aromatic N) is 1. The van der Waals surface area contributed by atoms with Gasteiger partial charge in [0.2, 0.25) is 5.91 Å². The van der Waals surface area contributed by atoms with Crippen molar-refractivity contribution in [1.82, 2.24) is 10.2 Å². The van der Waals surface area contributed by atoms with E-state index in [1.165, 1.54) is 0 Å². The lowest BCUT2D eigenvalue weighted by Crippen LogP contribution is -2.41. The van der Waals surface area contributed by atoms with Gasteiger partial charge in [0.15, 0.2) is 0 Å². The van der Waals surface area contributed by atoms with E-state index in [0.717, 1.165) is 6.42 Å². The molecule has 1 saturated heterocycles. The van der Waals surface area contributed by atoms with Crippen LogP contribution in [0.3, 0.4) is 0 Å². The minimum absolute atomic E-state index is 0.0349. The van der Waals surface area contributed by atoms with Crippen LogP contribution in [0.25, 0.3) is 0 Å². The van der Waals surface area contributed by atoms with E-state index in [-0.39, 0.29) is 24.4 Å². The number of hydrogen-bond acceptors (Lipinski definition) is 2. The molecular formula is C11H19F3N2O. The Morgan fingerprint density at radius 3 is 2.65 bits per heavy atom. The number of halogens is 3. The molecule has 0 radical (unpaired) electrons. The molecule has 100 valence electrons. The molecule has 17 heavy (non-hydrogen) atoms. The summed E-state index contributed by atoms with van der Waals surface area (Å²) in [6.07, 6.45) is -3.55. The Labute approximate surface area is 99.4 Å². The lowest BCUT2D eigenvalue weighted by atomic mass is 10.1. The molecule has 0 aliphatic carbocycles. The summed E-state index contributed by atoms with van der Waals surface area (Å²) in [5, 5.41) is 3.09. The van der Waals surface area contributed by atoms with Gasteiger partial charge in [0.25, 0.3) is 0 Å². The maximum absolute atomic E-state index is 11.9. The van der Waals surface area contributed by atoms with E-state index < -0.39 is 12.6 Å². The van der Waals surface area contributed by atoms with Crippen molar-refractivity contribution in [1.29, 1.82) is 0 Å². The van der Waals surface area contributed by atoms with Crippen LogP contribution < -0.4 is 5.32 Å². The normalized spacial score (nSPS) is 23.2. The van der Waals surface area contributed by atoms with Crippen LogP contribution in [0.15, 0.2) is 0 Å². The summed E-state index contributed by atoms with van der Waals surface area (Å²) in [4.78, 5) is 13.2. The lowest BCUT2D eigenvalue weighted by Gasteiger charge is -2.18. The Morgan fingerprint density at radius 1 is 1.53 bits per heavy atom. The average molecular weight is 252 g/mol. The zero-order valence-electron chi connectivity index (χ0n) is 10.2. The van der Waals surface area contributed by atoms with Gasteiger partial charge in [-0.1, -0.05) is 0 Å². The fourth-order valence-electron chi connectivity index (χ4n) is 2.01. The van der Waals surface area contributed by atoms with Crippen LogP contribution in [0.1, 0.15) is 32.6 Å². The Kier molecular flexibility index (Phi) is 4.80. The summed E-state index contributed by atoms with van der Waals surface area (Å²) in [6, 6.07) is -0.279. The molecule has 0 aromatic carbocycles. The predicted molar refractivity (Wildman–Crippen MR) is 58.5 cm³/mol. The summed E-state index contributed by atoms with van der Waals surface area (Å²) < 4.78 is 35.8. The van der Waals surface area contributed by atoms with Crippen molar-refractivity contribution in [2.24, 2.45) is 0 Å². The number of amides is 1. The van der Waals surface area contributed by atoms with Crippen molar-refractivity contribution in [2.45, 2.75) is 50.9 Å². The minimum atomic E-state index is -4.08. The maximum atomic E-state index is 11.9. The van der Waals surface area contributed by atoms with E-state index in [2.05, 4.69) is 5.32 Å². The number of hydrogen-bond donors (Lipinski definition) is 1. The summed E-state index contributed by atoms with van der Waals surface area (Å²) in [7, 11) is 1.73. The zero-order valence-corrected chi connectivity index (χ0v) is 10.2. The highest BCUT2D eigenvalue weighted by atomic mass is 19.4. The largest absolute Gasteiger partial charge is 0.389 e. The van der Waals surface area contributed by atoms with Crippen molar-refractivity contribution >= 4 is 5.91 Å². The van der Waals surface area contributed by atoms with Gasteiger partial charge in [-0.05, 0) is 26.2 Å². The monoisotopic (exact) mass is 252 g/mol. The van der Waals surface area contributed by atoms with Gasteiger partial charge >= 0.3 is 6.18 Å². The first kappa shape index (κ1) is 14.3. The highest BCUT2D eigenvalue weighted by Gasteiger charge is 2.30. The lowest BCUT2D eigenvalue weighted by molar-refractivity contribution is -0.136. The summed E-state index contributed by atoms with van der Waals surface area (Å²) >= 11 is 0. The molecule has 1 rings (SSSR count). The molecule has 3 nitrogen and oxygen atoms in total. The zero-order chi connectivity index (χ0) is 13.1. The van der Waals surface area contributed by atoms with Gasteiger partial charge in [0, 0.05) is 26.1 Å². The van der Waals surface area contributed by atoms with Crippen LogP contribution in [0, 0.1) is 0 Å². The number of likely N-dealkylation sites (N-methyl/N-ethyl adjacent to an activating group) is 1. The van der Waals surface area contributed by atoms with Gasteiger partial charge in [-0.25, -0.2) is 0 Å². The standard InChI is InChI=1S/C11H19F3N2O/c1-8(4-3-6-11(12,13)14)15-9-5-7-16(2)10(9)17/h8-9,15H,3-7H2,1-2H3. The van der Waals surface area contributed by atoms with Gasteiger partial charge in [-0.3, -0.25) is 4.79 Å². The molecular weight excluding hydrogens is 233 g/mol. The number of alkyl halides is 3. The molecule has 2 unspecified atom stereocenters. The third-order valence-corrected chi connectivity index (χ3v) is 3.01. The van der Waals surface area contributed by atoms with E-state index in [0.29, 0.717) is 13.0 Å². The van der Waals surface area contributed by atoms with Crippen molar-refractivity contribution < 1.29 is 18.0 Å². The molecule has 1 heterocycles. The summed E-state index contributed by atoms with van der Waals surface area (Å²) in [5.74, 6) is 0.0349.